The number of carbonyl (C=O) groups excluding carboxylic acids is 2. The fraction of sp³-hybridized carbons (Fsp3) is 0.500. The number of carbonyl (C=O) groups is 2. The van der Waals surface area contributed by atoms with Crippen LogP contribution in [0.3, 0.4) is 0 Å². The molecule has 2 aliphatic carbocycles. The molecule has 2 bridgehead atoms. The molecule has 1 heterocycles. The summed E-state index contributed by atoms with van der Waals surface area (Å²) in [6.45, 7) is 2.00. The van der Waals surface area contributed by atoms with Gasteiger partial charge in [0.25, 0.3) is 0 Å². The van der Waals surface area contributed by atoms with Crippen molar-refractivity contribution in [3.05, 3.63) is 29.8 Å². The number of halogens is 2. The molecule has 21 heavy (non-hydrogen) atoms. The number of amides is 2. The zero-order valence-electron chi connectivity index (χ0n) is 11.5. The number of alkyl halides is 2. The van der Waals surface area contributed by atoms with E-state index in [4.69, 9.17) is 0 Å². The molecule has 4 rings (SSSR count). The maximum atomic E-state index is 12.8. The number of imide groups is 1. The summed E-state index contributed by atoms with van der Waals surface area (Å²) >= 11 is 7.40. The maximum Gasteiger partial charge on any atom is 0.238 e. The Balaban J connectivity index is 1.73. The zero-order valence-corrected chi connectivity index (χ0v) is 14.7. The van der Waals surface area contributed by atoms with Crippen molar-refractivity contribution in [3.8, 4) is 0 Å². The van der Waals surface area contributed by atoms with Crippen molar-refractivity contribution < 1.29 is 9.59 Å². The molecule has 5 heteroatoms. The molecule has 2 amide bonds. The Labute approximate surface area is 140 Å². The third kappa shape index (κ3) is 1.76. The average molecular weight is 413 g/mol. The van der Waals surface area contributed by atoms with Gasteiger partial charge in [-0.15, -0.1) is 0 Å². The van der Waals surface area contributed by atoms with E-state index in [9.17, 15) is 9.59 Å². The number of aryl methyl sites for hydroxylation is 1. The molecule has 1 aromatic carbocycles. The number of anilines is 1. The standard InChI is InChI=1S/C16H15Br2NO2/c1-7-2-4-8(5-3-7)19-15(20)11-9-6-10(12(11)16(19)21)14(18)13(9)17/h2-5,9-14H,6H2,1H3/t9-,10+,11-,12+,13-,14+. The highest BCUT2D eigenvalue weighted by Crippen LogP contribution is 2.60. The monoisotopic (exact) mass is 411 g/mol. The SMILES string of the molecule is Cc1ccc(N2C(=O)[C@@H]3[C@H]4C[C@H]([C@H](Br)[C@@H]4Br)[C@@H]3C2=O)cc1. The lowest BCUT2D eigenvalue weighted by molar-refractivity contribution is -0.123. The summed E-state index contributed by atoms with van der Waals surface area (Å²) in [4.78, 5) is 27.6. The van der Waals surface area contributed by atoms with Crippen LogP contribution in [-0.2, 0) is 9.59 Å². The van der Waals surface area contributed by atoms with Crippen LogP contribution in [-0.4, -0.2) is 21.5 Å². The first-order chi connectivity index (χ1) is 10.0. The minimum absolute atomic E-state index is 0.00907. The van der Waals surface area contributed by atoms with Crippen LogP contribution in [0.1, 0.15) is 12.0 Å². The van der Waals surface area contributed by atoms with Crippen molar-refractivity contribution in [2.75, 3.05) is 4.90 Å². The van der Waals surface area contributed by atoms with E-state index in [0.717, 1.165) is 12.0 Å². The normalized spacial score (nSPS) is 41.0. The summed E-state index contributed by atoms with van der Waals surface area (Å²) in [5, 5.41) is 0. The second-order valence-corrected chi connectivity index (χ2v) is 8.47. The number of nitrogens with zero attached hydrogens (tertiary/aromatic N) is 1. The van der Waals surface area contributed by atoms with Crippen molar-refractivity contribution in [2.45, 2.75) is 23.0 Å². The third-order valence-corrected chi connectivity index (χ3v) is 8.49. The molecular weight excluding hydrogens is 398 g/mol. The molecule has 0 N–H and O–H groups in total. The van der Waals surface area contributed by atoms with Crippen LogP contribution in [0.25, 0.3) is 0 Å². The smallest absolute Gasteiger partial charge is 0.238 e. The molecule has 1 aliphatic heterocycles. The van der Waals surface area contributed by atoms with E-state index < -0.39 is 0 Å². The molecule has 1 saturated heterocycles. The minimum Gasteiger partial charge on any atom is -0.274 e. The summed E-state index contributed by atoms with van der Waals surface area (Å²) in [5.41, 5.74) is 1.83. The van der Waals surface area contributed by atoms with E-state index in [0.29, 0.717) is 15.3 Å². The summed E-state index contributed by atoms with van der Waals surface area (Å²) in [6.07, 6.45) is 0.973. The van der Waals surface area contributed by atoms with Crippen molar-refractivity contribution in [1.29, 1.82) is 0 Å². The van der Waals surface area contributed by atoms with Gasteiger partial charge in [-0.05, 0) is 37.3 Å². The fourth-order valence-electron chi connectivity index (χ4n) is 4.30. The van der Waals surface area contributed by atoms with Gasteiger partial charge in [-0.25, -0.2) is 0 Å². The van der Waals surface area contributed by atoms with Crippen LogP contribution in [0.2, 0.25) is 0 Å². The summed E-state index contributed by atoms with van der Waals surface area (Å²) in [7, 11) is 0. The Morgan fingerprint density at radius 1 is 0.952 bits per heavy atom. The van der Waals surface area contributed by atoms with Crippen molar-refractivity contribution in [2.24, 2.45) is 23.7 Å². The predicted molar refractivity (Wildman–Crippen MR) is 87.7 cm³/mol. The molecule has 0 spiro atoms. The third-order valence-electron chi connectivity index (χ3n) is 5.28. The van der Waals surface area contributed by atoms with Crippen LogP contribution in [0, 0.1) is 30.6 Å². The summed E-state index contributed by atoms with van der Waals surface area (Å²) < 4.78 is 0. The van der Waals surface area contributed by atoms with Gasteiger partial charge in [0.2, 0.25) is 11.8 Å². The molecule has 0 unspecified atom stereocenters. The number of hydrogen-bond acceptors (Lipinski definition) is 2. The van der Waals surface area contributed by atoms with Crippen LogP contribution in [0.15, 0.2) is 24.3 Å². The van der Waals surface area contributed by atoms with Crippen molar-refractivity contribution in [1.82, 2.24) is 0 Å². The Kier molecular flexibility index (Phi) is 3.09. The molecule has 2 saturated carbocycles. The van der Waals surface area contributed by atoms with Crippen molar-refractivity contribution >= 4 is 49.4 Å². The van der Waals surface area contributed by atoms with E-state index in [2.05, 4.69) is 31.9 Å². The lowest BCUT2D eigenvalue weighted by Crippen LogP contribution is -2.37. The molecule has 3 fully saturated rings. The Hall–Kier alpha value is -0.680. The first kappa shape index (κ1) is 13.9. The van der Waals surface area contributed by atoms with Gasteiger partial charge in [0.15, 0.2) is 0 Å². The lowest BCUT2D eigenvalue weighted by atomic mass is 9.81. The van der Waals surface area contributed by atoms with Crippen molar-refractivity contribution in [3.63, 3.8) is 0 Å². The van der Waals surface area contributed by atoms with Crippen LogP contribution >= 0.6 is 31.9 Å². The number of hydrogen-bond donors (Lipinski definition) is 0. The lowest BCUT2D eigenvalue weighted by Gasteiger charge is -2.28. The topological polar surface area (TPSA) is 37.4 Å². The molecule has 3 nitrogen and oxygen atoms in total. The summed E-state index contributed by atoms with van der Waals surface area (Å²) in [5.74, 6) is 0.256. The average Bonchev–Trinajstić information content (AvgIpc) is 3.06. The van der Waals surface area contributed by atoms with Gasteiger partial charge >= 0.3 is 0 Å². The van der Waals surface area contributed by atoms with Gasteiger partial charge in [-0.2, -0.15) is 0 Å². The molecule has 110 valence electrons. The summed E-state index contributed by atoms with van der Waals surface area (Å²) in [6, 6.07) is 7.62. The van der Waals surface area contributed by atoms with E-state index in [-0.39, 0.29) is 35.5 Å². The largest absolute Gasteiger partial charge is 0.274 e. The van der Waals surface area contributed by atoms with Crippen LogP contribution in [0.5, 0.6) is 0 Å². The number of fused-ring (bicyclic) bond motifs is 5. The highest BCUT2D eigenvalue weighted by molar-refractivity contribution is 9.12. The fourth-order valence-corrected chi connectivity index (χ4v) is 6.17. The first-order valence-corrected chi connectivity index (χ1v) is 9.06. The van der Waals surface area contributed by atoms with Gasteiger partial charge in [0, 0.05) is 9.65 Å². The Morgan fingerprint density at radius 3 is 1.90 bits per heavy atom. The number of rotatable bonds is 1. The first-order valence-electron chi connectivity index (χ1n) is 7.23. The van der Waals surface area contributed by atoms with E-state index in [1.165, 1.54) is 4.90 Å². The van der Waals surface area contributed by atoms with Gasteiger partial charge < -0.3 is 0 Å². The van der Waals surface area contributed by atoms with E-state index >= 15 is 0 Å². The minimum atomic E-state index is -0.137. The molecule has 6 atom stereocenters. The maximum absolute atomic E-state index is 12.8. The molecule has 0 aromatic heterocycles. The zero-order chi connectivity index (χ0) is 14.9. The molecule has 3 aliphatic rings. The van der Waals surface area contributed by atoms with E-state index in [1.807, 2.05) is 31.2 Å². The van der Waals surface area contributed by atoms with Gasteiger partial charge in [0.1, 0.15) is 0 Å². The Bertz CT molecular complexity index is 598. The van der Waals surface area contributed by atoms with Gasteiger partial charge in [0.05, 0.1) is 17.5 Å². The highest BCUT2D eigenvalue weighted by atomic mass is 79.9. The van der Waals surface area contributed by atoms with Crippen LogP contribution < -0.4 is 4.90 Å². The highest BCUT2D eigenvalue weighted by Gasteiger charge is 2.66. The Morgan fingerprint density at radius 2 is 1.43 bits per heavy atom. The molecular formula is C16H15Br2NO2. The number of benzene rings is 1. The second kappa shape index (κ2) is 4.66. The van der Waals surface area contributed by atoms with Gasteiger partial charge in [-0.1, -0.05) is 49.6 Å². The predicted octanol–water partition coefficient (Wildman–Crippen LogP) is 3.28. The molecule has 1 aromatic rings. The quantitative estimate of drug-likeness (QED) is 0.524. The van der Waals surface area contributed by atoms with Gasteiger partial charge in [-0.3, -0.25) is 14.5 Å². The van der Waals surface area contributed by atoms with E-state index in [1.54, 1.807) is 0 Å². The molecule has 0 radical (unpaired) electrons. The second-order valence-electron chi connectivity index (χ2n) is 6.35. The van der Waals surface area contributed by atoms with Crippen LogP contribution in [0.4, 0.5) is 5.69 Å².